The first kappa shape index (κ1) is 17.1. The summed E-state index contributed by atoms with van der Waals surface area (Å²) in [6, 6.07) is 26.6. The molecule has 3 aromatic carbocycles. The topological polar surface area (TPSA) is 46.9 Å². The van der Waals surface area contributed by atoms with Crippen molar-refractivity contribution in [3.05, 3.63) is 102 Å². The smallest absolute Gasteiger partial charge is 0.276 e. The van der Waals surface area contributed by atoms with E-state index < -0.39 is 0 Å². The van der Waals surface area contributed by atoms with Crippen molar-refractivity contribution >= 4 is 23.2 Å². The van der Waals surface area contributed by atoms with Crippen molar-refractivity contribution in [3.8, 4) is 16.8 Å². The summed E-state index contributed by atoms with van der Waals surface area (Å²) in [7, 11) is 0. The summed E-state index contributed by atoms with van der Waals surface area (Å²) in [4.78, 5) is 12.7. The molecule has 0 saturated heterocycles. The highest BCUT2D eigenvalue weighted by Gasteiger charge is 2.13. The molecule has 1 N–H and O–H groups in total. The number of nitrogens with one attached hydrogen (secondary N) is 1. The molecule has 27 heavy (non-hydrogen) atoms. The van der Waals surface area contributed by atoms with E-state index in [0.717, 1.165) is 22.5 Å². The van der Waals surface area contributed by atoms with Crippen molar-refractivity contribution < 1.29 is 4.79 Å². The number of amides is 1. The van der Waals surface area contributed by atoms with Gasteiger partial charge in [0.25, 0.3) is 5.91 Å². The summed E-state index contributed by atoms with van der Waals surface area (Å²) in [5, 5.41) is 7.94. The summed E-state index contributed by atoms with van der Waals surface area (Å²) >= 11 is 6.03. The third-order valence-corrected chi connectivity index (χ3v) is 4.39. The summed E-state index contributed by atoms with van der Waals surface area (Å²) in [6.07, 6.45) is 1.74. The van der Waals surface area contributed by atoms with Crippen LogP contribution in [0.1, 0.15) is 10.5 Å². The number of benzene rings is 3. The zero-order valence-electron chi connectivity index (χ0n) is 14.3. The average molecular weight is 374 g/mol. The summed E-state index contributed by atoms with van der Waals surface area (Å²) in [5.74, 6) is -0.265. The molecule has 0 radical (unpaired) electrons. The fourth-order valence-corrected chi connectivity index (χ4v) is 3.04. The van der Waals surface area contributed by atoms with Gasteiger partial charge in [0.1, 0.15) is 0 Å². The molecule has 0 fully saturated rings. The molecule has 0 saturated carbocycles. The van der Waals surface area contributed by atoms with Crippen LogP contribution in [0, 0.1) is 0 Å². The number of para-hydroxylation sites is 1. The number of rotatable bonds is 4. The van der Waals surface area contributed by atoms with Crippen molar-refractivity contribution in [2.75, 3.05) is 5.32 Å². The SMILES string of the molecule is O=C(Nc1ccccc1-c1ccccc1)c1ccn(-c2cccc(Cl)c2)n1. The molecule has 1 heterocycles. The Balaban J connectivity index is 1.59. The number of anilines is 1. The summed E-state index contributed by atoms with van der Waals surface area (Å²) in [6.45, 7) is 0. The number of carbonyl (C=O) groups is 1. The summed E-state index contributed by atoms with van der Waals surface area (Å²) in [5.41, 5.74) is 3.87. The van der Waals surface area contributed by atoms with Gasteiger partial charge in [0.15, 0.2) is 5.69 Å². The standard InChI is InChI=1S/C22H16ClN3O/c23-17-9-6-10-18(15-17)26-14-13-21(25-26)22(27)24-20-12-5-4-11-19(20)16-7-2-1-3-8-16/h1-15H,(H,24,27). The van der Waals surface area contributed by atoms with Gasteiger partial charge >= 0.3 is 0 Å². The lowest BCUT2D eigenvalue weighted by atomic mass is 10.0. The quantitative estimate of drug-likeness (QED) is 0.517. The minimum absolute atomic E-state index is 0.265. The third-order valence-electron chi connectivity index (χ3n) is 4.15. The molecular formula is C22H16ClN3O. The van der Waals surface area contributed by atoms with Gasteiger partial charge in [-0.25, -0.2) is 4.68 Å². The summed E-state index contributed by atoms with van der Waals surface area (Å²) < 4.78 is 1.63. The highest BCUT2D eigenvalue weighted by Crippen LogP contribution is 2.27. The van der Waals surface area contributed by atoms with Crippen molar-refractivity contribution in [3.63, 3.8) is 0 Å². The molecule has 5 heteroatoms. The maximum absolute atomic E-state index is 12.7. The van der Waals surface area contributed by atoms with Gasteiger partial charge < -0.3 is 5.32 Å². The van der Waals surface area contributed by atoms with E-state index in [1.807, 2.05) is 66.7 Å². The Morgan fingerprint density at radius 1 is 0.889 bits per heavy atom. The van der Waals surface area contributed by atoms with Crippen molar-refractivity contribution in [2.24, 2.45) is 0 Å². The van der Waals surface area contributed by atoms with Crippen LogP contribution in [-0.4, -0.2) is 15.7 Å². The molecule has 1 amide bonds. The van der Waals surface area contributed by atoms with Gasteiger partial charge in [0, 0.05) is 22.5 Å². The molecule has 0 unspecified atom stereocenters. The van der Waals surface area contributed by atoms with E-state index in [9.17, 15) is 4.79 Å². The van der Waals surface area contributed by atoms with E-state index in [1.54, 1.807) is 29.1 Å². The lowest BCUT2D eigenvalue weighted by Gasteiger charge is -2.10. The van der Waals surface area contributed by atoms with Crippen LogP contribution in [0.5, 0.6) is 0 Å². The fourth-order valence-electron chi connectivity index (χ4n) is 2.86. The van der Waals surface area contributed by atoms with Crippen LogP contribution in [0.25, 0.3) is 16.8 Å². The highest BCUT2D eigenvalue weighted by atomic mass is 35.5. The van der Waals surface area contributed by atoms with Crippen molar-refractivity contribution in [1.82, 2.24) is 9.78 Å². The molecule has 1 aromatic heterocycles. The molecule has 0 aliphatic carbocycles. The van der Waals surface area contributed by atoms with Gasteiger partial charge in [0.05, 0.1) is 5.69 Å². The van der Waals surface area contributed by atoms with Gasteiger partial charge in [-0.15, -0.1) is 0 Å². The van der Waals surface area contributed by atoms with Crippen molar-refractivity contribution in [2.45, 2.75) is 0 Å². The minimum atomic E-state index is -0.265. The Labute approximate surface area is 162 Å². The van der Waals surface area contributed by atoms with Gasteiger partial charge in [-0.3, -0.25) is 4.79 Å². The van der Waals surface area contributed by atoms with Gasteiger partial charge in [0.2, 0.25) is 0 Å². The Morgan fingerprint density at radius 2 is 1.67 bits per heavy atom. The highest BCUT2D eigenvalue weighted by molar-refractivity contribution is 6.30. The minimum Gasteiger partial charge on any atom is -0.320 e. The fraction of sp³-hybridized carbons (Fsp3) is 0. The number of carbonyl (C=O) groups excluding carboxylic acids is 1. The van der Waals surface area contributed by atoms with Gasteiger partial charge in [-0.2, -0.15) is 5.10 Å². The molecule has 0 aliphatic heterocycles. The Kier molecular flexibility index (Phi) is 4.73. The predicted octanol–water partition coefficient (Wildman–Crippen LogP) is 5.45. The van der Waals surface area contributed by atoms with Gasteiger partial charge in [-0.05, 0) is 35.9 Å². The van der Waals surface area contributed by atoms with Crippen LogP contribution >= 0.6 is 11.6 Å². The second kappa shape index (κ2) is 7.48. The monoisotopic (exact) mass is 373 g/mol. The zero-order chi connectivity index (χ0) is 18.6. The first-order valence-corrected chi connectivity index (χ1v) is 8.86. The van der Waals surface area contributed by atoms with Crippen LogP contribution in [0.4, 0.5) is 5.69 Å². The van der Waals surface area contributed by atoms with E-state index in [2.05, 4.69) is 10.4 Å². The molecular weight excluding hydrogens is 358 g/mol. The molecule has 132 valence electrons. The number of halogens is 1. The van der Waals surface area contributed by atoms with Crippen molar-refractivity contribution in [1.29, 1.82) is 0 Å². The molecule has 4 nitrogen and oxygen atoms in total. The molecule has 0 spiro atoms. The van der Waals surface area contributed by atoms with E-state index >= 15 is 0 Å². The van der Waals surface area contributed by atoms with Crippen LogP contribution < -0.4 is 5.32 Å². The Morgan fingerprint density at radius 3 is 2.48 bits per heavy atom. The lowest BCUT2D eigenvalue weighted by molar-refractivity contribution is 0.102. The normalized spacial score (nSPS) is 10.6. The maximum Gasteiger partial charge on any atom is 0.276 e. The van der Waals surface area contributed by atoms with Gasteiger partial charge in [-0.1, -0.05) is 66.2 Å². The van der Waals surface area contributed by atoms with Crippen LogP contribution in [0.15, 0.2) is 91.1 Å². The predicted molar refractivity (Wildman–Crippen MR) is 108 cm³/mol. The Hall–Kier alpha value is -3.37. The molecule has 0 aliphatic rings. The van der Waals surface area contributed by atoms with E-state index in [1.165, 1.54) is 0 Å². The molecule has 0 bridgehead atoms. The largest absolute Gasteiger partial charge is 0.320 e. The molecule has 0 atom stereocenters. The van der Waals surface area contributed by atoms with E-state index in [0.29, 0.717) is 10.7 Å². The number of hydrogen-bond donors (Lipinski definition) is 1. The third kappa shape index (κ3) is 3.76. The zero-order valence-corrected chi connectivity index (χ0v) is 15.1. The van der Waals surface area contributed by atoms with Crippen LogP contribution in [0.2, 0.25) is 5.02 Å². The number of hydrogen-bond acceptors (Lipinski definition) is 2. The lowest BCUT2D eigenvalue weighted by Crippen LogP contribution is -2.13. The first-order valence-electron chi connectivity index (χ1n) is 8.48. The van der Waals surface area contributed by atoms with E-state index in [-0.39, 0.29) is 5.91 Å². The average Bonchev–Trinajstić information content (AvgIpc) is 3.20. The maximum atomic E-state index is 12.7. The van der Waals surface area contributed by atoms with Crippen LogP contribution in [0.3, 0.4) is 0 Å². The second-order valence-corrected chi connectivity index (χ2v) is 6.43. The first-order chi connectivity index (χ1) is 13.2. The number of aromatic nitrogens is 2. The van der Waals surface area contributed by atoms with Crippen LogP contribution in [-0.2, 0) is 0 Å². The molecule has 4 rings (SSSR count). The Bertz CT molecular complexity index is 1090. The van der Waals surface area contributed by atoms with E-state index in [4.69, 9.17) is 11.6 Å². The second-order valence-electron chi connectivity index (χ2n) is 5.99. The number of nitrogens with zero attached hydrogens (tertiary/aromatic N) is 2. The molecule has 4 aromatic rings.